The second-order valence-electron chi connectivity index (χ2n) is 4.38. The van der Waals surface area contributed by atoms with E-state index in [1.807, 2.05) is 37.3 Å². The Labute approximate surface area is 120 Å². The first-order chi connectivity index (χ1) is 9.08. The van der Waals surface area contributed by atoms with E-state index in [0.717, 1.165) is 5.56 Å². The lowest BCUT2D eigenvalue weighted by Crippen LogP contribution is -2.29. The van der Waals surface area contributed by atoms with E-state index in [1.165, 1.54) is 6.07 Å². The largest absolute Gasteiger partial charge is 0.484 e. The van der Waals surface area contributed by atoms with Crippen LogP contribution in [0.4, 0.5) is 4.39 Å². The maximum Gasteiger partial charge on any atom is 0.138 e. The molecule has 2 N–H and O–H groups in total. The van der Waals surface area contributed by atoms with Gasteiger partial charge in [0.2, 0.25) is 0 Å². The summed E-state index contributed by atoms with van der Waals surface area (Å²) in [6, 6.07) is 14.1. The molecule has 2 aromatic carbocycles. The second kappa shape index (κ2) is 6.17. The highest BCUT2D eigenvalue weighted by atomic mass is 79.9. The topological polar surface area (TPSA) is 35.2 Å². The Kier molecular flexibility index (Phi) is 4.56. The van der Waals surface area contributed by atoms with Gasteiger partial charge in [-0.25, -0.2) is 4.39 Å². The molecule has 0 aliphatic rings. The smallest absolute Gasteiger partial charge is 0.138 e. The third-order valence-electron chi connectivity index (χ3n) is 2.76. The summed E-state index contributed by atoms with van der Waals surface area (Å²) in [6.45, 7) is 1.89. The molecule has 2 aromatic rings. The lowest BCUT2D eigenvalue weighted by Gasteiger charge is -2.23. The Bertz CT molecular complexity index is 545. The number of nitrogens with two attached hydrogens (primary N) is 1. The highest BCUT2D eigenvalue weighted by Gasteiger charge is 2.18. The number of rotatable bonds is 4. The van der Waals surface area contributed by atoms with Gasteiger partial charge in [-0.15, -0.1) is 0 Å². The molecule has 0 spiro atoms. The van der Waals surface area contributed by atoms with E-state index >= 15 is 0 Å². The lowest BCUT2D eigenvalue weighted by molar-refractivity contribution is 0.180. The van der Waals surface area contributed by atoms with Gasteiger partial charge in [0.15, 0.2) is 0 Å². The molecule has 100 valence electrons. The quantitative estimate of drug-likeness (QED) is 0.921. The molecule has 0 aliphatic carbocycles. The van der Waals surface area contributed by atoms with Crippen LogP contribution < -0.4 is 10.5 Å². The molecule has 2 nitrogen and oxygen atoms in total. The molecule has 2 unspecified atom stereocenters. The summed E-state index contributed by atoms with van der Waals surface area (Å²) in [5.74, 6) is 0.267. The van der Waals surface area contributed by atoms with Crippen molar-refractivity contribution in [3.63, 3.8) is 0 Å². The van der Waals surface area contributed by atoms with Crippen molar-refractivity contribution in [3.8, 4) is 5.75 Å². The van der Waals surface area contributed by atoms with Gasteiger partial charge in [0.05, 0.1) is 4.47 Å². The van der Waals surface area contributed by atoms with E-state index in [1.54, 1.807) is 12.1 Å². The minimum absolute atomic E-state index is 0.175. The van der Waals surface area contributed by atoms with Gasteiger partial charge < -0.3 is 10.5 Å². The number of benzene rings is 2. The molecule has 0 radical (unpaired) electrons. The minimum atomic E-state index is -0.315. The average molecular weight is 324 g/mol. The van der Waals surface area contributed by atoms with Crippen LogP contribution in [-0.4, -0.2) is 6.04 Å². The van der Waals surface area contributed by atoms with Crippen molar-refractivity contribution in [3.05, 3.63) is 64.4 Å². The molecule has 0 saturated carbocycles. The predicted molar refractivity (Wildman–Crippen MR) is 77.6 cm³/mol. The van der Waals surface area contributed by atoms with Crippen molar-refractivity contribution < 1.29 is 9.13 Å². The minimum Gasteiger partial charge on any atom is -0.484 e. The summed E-state index contributed by atoms with van der Waals surface area (Å²) < 4.78 is 19.4. The predicted octanol–water partition coefficient (Wildman–Crippen LogP) is 4.06. The third kappa shape index (κ3) is 3.55. The molecule has 0 fully saturated rings. The molecule has 4 heteroatoms. The van der Waals surface area contributed by atoms with Crippen LogP contribution >= 0.6 is 15.9 Å². The van der Waals surface area contributed by atoms with E-state index in [0.29, 0.717) is 10.2 Å². The molecule has 2 rings (SSSR count). The van der Waals surface area contributed by atoms with Crippen molar-refractivity contribution >= 4 is 15.9 Å². The maximum atomic E-state index is 13.2. The molecule has 0 heterocycles. The van der Waals surface area contributed by atoms with Gasteiger partial charge in [-0.05, 0) is 46.6 Å². The number of halogens is 2. The number of ether oxygens (including phenoxy) is 1. The molecule has 0 amide bonds. The number of hydrogen-bond donors (Lipinski definition) is 1. The van der Waals surface area contributed by atoms with E-state index < -0.39 is 0 Å². The summed E-state index contributed by atoms with van der Waals surface area (Å²) in [6.07, 6.45) is -0.265. The van der Waals surface area contributed by atoms with Crippen LogP contribution in [0.25, 0.3) is 0 Å². The third-order valence-corrected chi connectivity index (χ3v) is 3.37. The Hall–Kier alpha value is -1.39. The maximum absolute atomic E-state index is 13.2. The van der Waals surface area contributed by atoms with Crippen LogP contribution in [0.15, 0.2) is 53.0 Å². The van der Waals surface area contributed by atoms with E-state index in [9.17, 15) is 4.39 Å². The van der Waals surface area contributed by atoms with E-state index in [2.05, 4.69) is 15.9 Å². The van der Waals surface area contributed by atoms with Crippen LogP contribution in [0.2, 0.25) is 0 Å². The fourth-order valence-electron chi connectivity index (χ4n) is 1.82. The van der Waals surface area contributed by atoms with Gasteiger partial charge in [0, 0.05) is 6.04 Å². The molecular formula is C15H15BrFNO. The van der Waals surface area contributed by atoms with Crippen molar-refractivity contribution in [1.29, 1.82) is 0 Å². The summed E-state index contributed by atoms with van der Waals surface area (Å²) in [5, 5.41) is 0. The van der Waals surface area contributed by atoms with Gasteiger partial charge in [0.25, 0.3) is 0 Å². The first-order valence-corrected chi connectivity index (χ1v) is 6.79. The summed E-state index contributed by atoms with van der Waals surface area (Å²) in [4.78, 5) is 0. The van der Waals surface area contributed by atoms with Gasteiger partial charge in [-0.3, -0.25) is 0 Å². The van der Waals surface area contributed by atoms with Gasteiger partial charge >= 0.3 is 0 Å². The van der Waals surface area contributed by atoms with Crippen molar-refractivity contribution in [1.82, 2.24) is 0 Å². The molecule has 0 aliphatic heterocycles. The monoisotopic (exact) mass is 323 g/mol. The van der Waals surface area contributed by atoms with Gasteiger partial charge in [-0.2, -0.15) is 0 Å². The summed E-state index contributed by atoms with van der Waals surface area (Å²) >= 11 is 3.14. The Balaban J connectivity index is 2.24. The summed E-state index contributed by atoms with van der Waals surface area (Å²) in [5.41, 5.74) is 6.97. The van der Waals surface area contributed by atoms with Crippen LogP contribution in [0, 0.1) is 5.82 Å². The zero-order valence-electron chi connectivity index (χ0n) is 10.5. The molecule has 0 saturated heterocycles. The van der Waals surface area contributed by atoms with Gasteiger partial charge in [-0.1, -0.05) is 30.3 Å². The molecular weight excluding hydrogens is 309 g/mol. The van der Waals surface area contributed by atoms with Crippen molar-refractivity contribution in [2.24, 2.45) is 5.73 Å². The first-order valence-electron chi connectivity index (χ1n) is 6.00. The first kappa shape index (κ1) is 14.0. The standard InChI is InChI=1S/C15H15BrFNO/c1-10(18)15(11-5-3-2-4-6-11)19-12-7-8-14(17)13(16)9-12/h2-10,15H,18H2,1H3. The van der Waals surface area contributed by atoms with E-state index in [4.69, 9.17) is 10.5 Å². The van der Waals surface area contributed by atoms with Gasteiger partial charge in [0.1, 0.15) is 17.7 Å². The van der Waals surface area contributed by atoms with Crippen LogP contribution in [0.3, 0.4) is 0 Å². The summed E-state index contributed by atoms with van der Waals surface area (Å²) in [7, 11) is 0. The SMILES string of the molecule is CC(N)C(Oc1ccc(F)c(Br)c1)c1ccccc1. The van der Waals surface area contributed by atoms with Crippen LogP contribution in [0.1, 0.15) is 18.6 Å². The molecule has 0 aromatic heterocycles. The average Bonchev–Trinajstić information content (AvgIpc) is 2.40. The Morgan fingerprint density at radius 1 is 1.16 bits per heavy atom. The zero-order valence-corrected chi connectivity index (χ0v) is 12.1. The second-order valence-corrected chi connectivity index (χ2v) is 5.24. The molecule has 0 bridgehead atoms. The van der Waals surface area contributed by atoms with Crippen LogP contribution in [-0.2, 0) is 0 Å². The Morgan fingerprint density at radius 3 is 2.42 bits per heavy atom. The highest BCUT2D eigenvalue weighted by Crippen LogP contribution is 2.27. The molecule has 2 atom stereocenters. The molecule has 19 heavy (non-hydrogen) atoms. The normalized spacial score (nSPS) is 13.9. The van der Waals surface area contributed by atoms with Crippen LogP contribution in [0.5, 0.6) is 5.75 Å². The zero-order chi connectivity index (χ0) is 13.8. The van der Waals surface area contributed by atoms with E-state index in [-0.39, 0.29) is 18.0 Å². The highest BCUT2D eigenvalue weighted by molar-refractivity contribution is 9.10. The Morgan fingerprint density at radius 2 is 1.84 bits per heavy atom. The van der Waals surface area contributed by atoms with Crippen molar-refractivity contribution in [2.75, 3.05) is 0 Å². The number of hydrogen-bond acceptors (Lipinski definition) is 2. The van der Waals surface area contributed by atoms with Crippen molar-refractivity contribution in [2.45, 2.75) is 19.1 Å². The fraction of sp³-hybridized carbons (Fsp3) is 0.200. The fourth-order valence-corrected chi connectivity index (χ4v) is 2.18. The lowest BCUT2D eigenvalue weighted by atomic mass is 10.0.